The quantitative estimate of drug-likeness (QED) is 0.688. The molecular formula is C22H32O5. The molecule has 150 valence electrons. The van der Waals surface area contributed by atoms with E-state index in [1.807, 2.05) is 0 Å². The molecule has 27 heavy (non-hydrogen) atoms. The highest BCUT2D eigenvalue weighted by atomic mass is 16.5. The van der Waals surface area contributed by atoms with Gasteiger partial charge < -0.3 is 9.47 Å². The molecule has 0 heterocycles. The highest BCUT2D eigenvalue weighted by molar-refractivity contribution is 5.89. The predicted molar refractivity (Wildman–Crippen MR) is 98.6 cm³/mol. The minimum Gasteiger partial charge on any atom is -0.463 e. The SMILES string of the molecule is CC(=O)O[C@@H]1CC[C@@H]2C[C@H]3[C@@H](CC[C@@]4(C)[C@H](OC(C)=O)C(=O)C[C@H]34)C[C@H]2C1. The van der Waals surface area contributed by atoms with Crippen molar-refractivity contribution in [2.45, 2.75) is 84.3 Å². The molecule has 0 aromatic heterocycles. The maximum absolute atomic E-state index is 12.7. The first-order chi connectivity index (χ1) is 12.8. The fourth-order valence-electron chi connectivity index (χ4n) is 7.09. The van der Waals surface area contributed by atoms with Crippen molar-refractivity contribution >= 4 is 17.7 Å². The molecule has 0 bridgehead atoms. The van der Waals surface area contributed by atoms with Crippen LogP contribution in [0, 0.1) is 35.0 Å². The molecule has 0 aromatic rings. The molecule has 4 saturated carbocycles. The highest BCUT2D eigenvalue weighted by Gasteiger charge is 2.60. The van der Waals surface area contributed by atoms with E-state index in [0.717, 1.165) is 32.1 Å². The van der Waals surface area contributed by atoms with Crippen molar-refractivity contribution in [2.24, 2.45) is 35.0 Å². The van der Waals surface area contributed by atoms with E-state index in [0.29, 0.717) is 36.0 Å². The number of carbonyl (C=O) groups is 3. The molecule has 0 aromatic carbocycles. The molecule has 0 aliphatic heterocycles. The number of hydrogen-bond acceptors (Lipinski definition) is 5. The zero-order valence-corrected chi connectivity index (χ0v) is 16.7. The number of ether oxygens (including phenoxy) is 2. The van der Waals surface area contributed by atoms with Crippen LogP contribution in [0.4, 0.5) is 0 Å². The number of rotatable bonds is 2. The summed E-state index contributed by atoms with van der Waals surface area (Å²) in [5.74, 6) is 2.52. The number of esters is 2. The van der Waals surface area contributed by atoms with Crippen LogP contribution in [0.2, 0.25) is 0 Å². The van der Waals surface area contributed by atoms with Crippen molar-refractivity contribution in [2.75, 3.05) is 0 Å². The minimum absolute atomic E-state index is 0.0931. The Morgan fingerprint density at radius 3 is 2.37 bits per heavy atom. The van der Waals surface area contributed by atoms with Gasteiger partial charge in [0.25, 0.3) is 0 Å². The number of hydrogen-bond donors (Lipinski definition) is 0. The fourth-order valence-corrected chi connectivity index (χ4v) is 7.09. The summed E-state index contributed by atoms with van der Waals surface area (Å²) in [5, 5.41) is 0. The van der Waals surface area contributed by atoms with Crippen LogP contribution < -0.4 is 0 Å². The monoisotopic (exact) mass is 376 g/mol. The Bertz CT molecular complexity index is 643. The molecule has 0 unspecified atom stereocenters. The Labute approximate surface area is 161 Å². The molecular weight excluding hydrogens is 344 g/mol. The Morgan fingerprint density at radius 1 is 0.926 bits per heavy atom. The van der Waals surface area contributed by atoms with Crippen LogP contribution in [-0.4, -0.2) is 29.9 Å². The largest absolute Gasteiger partial charge is 0.463 e. The second kappa shape index (κ2) is 6.89. The number of carbonyl (C=O) groups excluding carboxylic acids is 3. The molecule has 0 radical (unpaired) electrons. The van der Waals surface area contributed by atoms with Gasteiger partial charge in [-0.25, -0.2) is 0 Å². The van der Waals surface area contributed by atoms with Gasteiger partial charge in [-0.3, -0.25) is 14.4 Å². The lowest BCUT2D eigenvalue weighted by atomic mass is 9.52. The molecule has 4 rings (SSSR count). The van der Waals surface area contributed by atoms with E-state index in [-0.39, 0.29) is 29.2 Å². The Balaban J connectivity index is 1.48. The third-order valence-corrected chi connectivity index (χ3v) is 8.22. The van der Waals surface area contributed by atoms with Crippen LogP contribution in [0.1, 0.15) is 72.1 Å². The lowest BCUT2D eigenvalue weighted by Crippen LogP contribution is -2.49. The molecule has 8 atom stereocenters. The summed E-state index contributed by atoms with van der Waals surface area (Å²) in [7, 11) is 0. The lowest BCUT2D eigenvalue weighted by molar-refractivity contribution is -0.161. The molecule has 4 aliphatic rings. The van der Waals surface area contributed by atoms with E-state index in [2.05, 4.69) is 6.92 Å². The maximum Gasteiger partial charge on any atom is 0.303 e. The molecule has 5 nitrogen and oxygen atoms in total. The number of Topliss-reactive ketones (excluding diaryl/α,β-unsaturated/α-hetero) is 1. The summed E-state index contributed by atoms with van der Waals surface area (Å²) in [6, 6.07) is 0. The van der Waals surface area contributed by atoms with Gasteiger partial charge in [0.2, 0.25) is 0 Å². The van der Waals surface area contributed by atoms with E-state index in [1.54, 1.807) is 0 Å². The molecule has 5 heteroatoms. The third-order valence-electron chi connectivity index (χ3n) is 8.22. The molecule has 4 aliphatic carbocycles. The molecule has 0 N–H and O–H groups in total. The Hall–Kier alpha value is -1.39. The maximum atomic E-state index is 12.7. The summed E-state index contributed by atoms with van der Waals surface area (Å²) in [6.07, 6.45) is 7.68. The van der Waals surface area contributed by atoms with Crippen LogP contribution >= 0.6 is 0 Å². The summed E-state index contributed by atoms with van der Waals surface area (Å²) in [4.78, 5) is 35.5. The second-order valence-electron chi connectivity index (χ2n) is 9.77. The van der Waals surface area contributed by atoms with Gasteiger partial charge in [-0.2, -0.15) is 0 Å². The number of ketones is 1. The summed E-state index contributed by atoms with van der Waals surface area (Å²) < 4.78 is 11.0. The van der Waals surface area contributed by atoms with Gasteiger partial charge in [0.15, 0.2) is 11.9 Å². The third kappa shape index (κ3) is 3.31. The van der Waals surface area contributed by atoms with Gasteiger partial charge in [0, 0.05) is 25.7 Å². The Morgan fingerprint density at radius 2 is 1.67 bits per heavy atom. The first-order valence-corrected chi connectivity index (χ1v) is 10.6. The van der Waals surface area contributed by atoms with Gasteiger partial charge in [-0.05, 0) is 74.5 Å². The van der Waals surface area contributed by atoms with Crippen molar-refractivity contribution in [1.82, 2.24) is 0 Å². The average molecular weight is 376 g/mol. The molecule has 0 saturated heterocycles. The van der Waals surface area contributed by atoms with Gasteiger partial charge in [0.1, 0.15) is 6.10 Å². The standard InChI is InChI=1S/C22H32O5/c1-12(23)26-17-5-4-14-10-18-15(8-16(14)9-17)6-7-22(3)19(18)11-20(25)21(22)27-13(2)24/h14-19,21H,4-11H2,1-3H3/t14-,15+,16+,17-,18+,19-,21-,22-/m1/s1. The van der Waals surface area contributed by atoms with Crippen molar-refractivity contribution in [3.8, 4) is 0 Å². The smallest absolute Gasteiger partial charge is 0.303 e. The fraction of sp³-hybridized carbons (Fsp3) is 0.864. The van der Waals surface area contributed by atoms with Crippen LogP contribution in [0.3, 0.4) is 0 Å². The zero-order chi connectivity index (χ0) is 19.3. The van der Waals surface area contributed by atoms with Gasteiger partial charge >= 0.3 is 11.9 Å². The van der Waals surface area contributed by atoms with Crippen LogP contribution in [0.15, 0.2) is 0 Å². The highest BCUT2D eigenvalue weighted by Crippen LogP contribution is 2.61. The van der Waals surface area contributed by atoms with E-state index in [9.17, 15) is 14.4 Å². The first kappa shape index (κ1) is 18.9. The van der Waals surface area contributed by atoms with Gasteiger partial charge in [-0.1, -0.05) is 6.92 Å². The van der Waals surface area contributed by atoms with Crippen molar-refractivity contribution in [3.05, 3.63) is 0 Å². The summed E-state index contributed by atoms with van der Waals surface area (Å²) in [5.41, 5.74) is -0.189. The normalized spacial score (nSPS) is 46.0. The Kier molecular flexibility index (Phi) is 4.84. The van der Waals surface area contributed by atoms with Crippen molar-refractivity contribution < 1.29 is 23.9 Å². The second-order valence-corrected chi connectivity index (χ2v) is 9.77. The van der Waals surface area contributed by atoms with E-state index < -0.39 is 6.10 Å². The lowest BCUT2D eigenvalue weighted by Gasteiger charge is -2.54. The van der Waals surface area contributed by atoms with Crippen LogP contribution in [-0.2, 0) is 23.9 Å². The van der Waals surface area contributed by atoms with Gasteiger partial charge in [-0.15, -0.1) is 0 Å². The summed E-state index contributed by atoms with van der Waals surface area (Å²) >= 11 is 0. The van der Waals surface area contributed by atoms with Crippen LogP contribution in [0.5, 0.6) is 0 Å². The van der Waals surface area contributed by atoms with Crippen LogP contribution in [0.25, 0.3) is 0 Å². The molecule has 0 amide bonds. The minimum atomic E-state index is -0.543. The van der Waals surface area contributed by atoms with Crippen molar-refractivity contribution in [1.29, 1.82) is 0 Å². The van der Waals surface area contributed by atoms with Gasteiger partial charge in [0.05, 0.1) is 0 Å². The zero-order valence-electron chi connectivity index (χ0n) is 16.7. The van der Waals surface area contributed by atoms with E-state index in [1.165, 1.54) is 26.7 Å². The summed E-state index contributed by atoms with van der Waals surface area (Å²) in [6.45, 7) is 5.08. The topological polar surface area (TPSA) is 69.7 Å². The first-order valence-electron chi connectivity index (χ1n) is 10.6. The number of fused-ring (bicyclic) bond motifs is 4. The van der Waals surface area contributed by atoms with E-state index in [4.69, 9.17) is 9.47 Å². The average Bonchev–Trinajstić information content (AvgIpc) is 2.84. The van der Waals surface area contributed by atoms with Crippen molar-refractivity contribution in [3.63, 3.8) is 0 Å². The predicted octanol–water partition coefficient (Wildman–Crippen LogP) is 3.68. The molecule has 0 spiro atoms. The molecule has 4 fully saturated rings. The van der Waals surface area contributed by atoms with E-state index >= 15 is 0 Å².